The summed E-state index contributed by atoms with van der Waals surface area (Å²) in [5.74, 6) is 2.00. The minimum Gasteiger partial charge on any atom is -0.494 e. The molecule has 2 saturated heterocycles. The van der Waals surface area contributed by atoms with Gasteiger partial charge in [-0.05, 0) is 91.6 Å². The number of benzene rings is 3. The molecule has 210 valence electrons. The SMILES string of the molecule is Cl.O=C1/C(=C/c2ccc(Oc3ccc(Cl)cc3)cc2)SC(=S)N1c1ccc(OCCCN2CCC(O)CC2)cc1. The number of likely N-dealkylation sites (tertiary alicyclic amines) is 1. The smallest absolute Gasteiger partial charge is 0.270 e. The van der Waals surface area contributed by atoms with E-state index in [-0.39, 0.29) is 24.4 Å². The van der Waals surface area contributed by atoms with Gasteiger partial charge in [0, 0.05) is 24.7 Å². The molecule has 3 aromatic rings. The topological polar surface area (TPSA) is 62.2 Å². The van der Waals surface area contributed by atoms with Crippen LogP contribution in [0.25, 0.3) is 6.08 Å². The van der Waals surface area contributed by atoms with Crippen molar-refractivity contribution in [2.24, 2.45) is 0 Å². The molecule has 40 heavy (non-hydrogen) atoms. The highest BCUT2D eigenvalue weighted by molar-refractivity contribution is 8.27. The quantitative estimate of drug-likeness (QED) is 0.155. The summed E-state index contributed by atoms with van der Waals surface area (Å²) in [6.07, 6.45) is 4.31. The molecule has 6 nitrogen and oxygen atoms in total. The van der Waals surface area contributed by atoms with Gasteiger partial charge in [0.25, 0.3) is 5.91 Å². The van der Waals surface area contributed by atoms with Crippen molar-refractivity contribution in [1.82, 2.24) is 4.90 Å². The van der Waals surface area contributed by atoms with Gasteiger partial charge < -0.3 is 19.5 Å². The Hall–Kier alpha value is -2.59. The van der Waals surface area contributed by atoms with Gasteiger partial charge in [-0.15, -0.1) is 12.4 Å². The van der Waals surface area contributed by atoms with Gasteiger partial charge in [-0.1, -0.05) is 47.7 Å². The second-order valence-electron chi connectivity index (χ2n) is 9.41. The van der Waals surface area contributed by atoms with Crippen LogP contribution in [0.4, 0.5) is 5.69 Å². The van der Waals surface area contributed by atoms with Crippen molar-refractivity contribution < 1.29 is 19.4 Å². The Labute approximate surface area is 255 Å². The molecule has 3 aromatic carbocycles. The summed E-state index contributed by atoms with van der Waals surface area (Å²) in [4.78, 5) is 17.7. The van der Waals surface area contributed by atoms with Crippen molar-refractivity contribution in [3.8, 4) is 17.2 Å². The van der Waals surface area contributed by atoms with E-state index in [0.717, 1.165) is 50.2 Å². The summed E-state index contributed by atoms with van der Waals surface area (Å²) in [5, 5.41) is 10.3. The largest absolute Gasteiger partial charge is 0.494 e. The summed E-state index contributed by atoms with van der Waals surface area (Å²) >= 11 is 12.7. The van der Waals surface area contributed by atoms with Crippen LogP contribution in [-0.4, -0.2) is 52.6 Å². The van der Waals surface area contributed by atoms with Crippen LogP contribution in [0.5, 0.6) is 17.2 Å². The molecule has 0 radical (unpaired) electrons. The lowest BCUT2D eigenvalue weighted by atomic mass is 10.1. The molecule has 10 heteroatoms. The van der Waals surface area contributed by atoms with Gasteiger partial charge in [0.15, 0.2) is 4.32 Å². The van der Waals surface area contributed by atoms with E-state index in [1.54, 1.807) is 17.0 Å². The lowest BCUT2D eigenvalue weighted by Crippen LogP contribution is -2.36. The average Bonchev–Trinajstić information content (AvgIpc) is 3.22. The molecule has 0 aliphatic carbocycles. The van der Waals surface area contributed by atoms with E-state index in [0.29, 0.717) is 38.0 Å². The fourth-order valence-corrected chi connectivity index (χ4v) is 5.85. The zero-order chi connectivity index (χ0) is 27.2. The molecule has 0 saturated carbocycles. The number of aliphatic hydroxyl groups is 1. The number of halogens is 2. The Bertz CT molecular complexity index is 1330. The number of hydrogen-bond acceptors (Lipinski definition) is 7. The average molecular weight is 618 g/mol. The van der Waals surface area contributed by atoms with E-state index in [2.05, 4.69) is 4.90 Å². The van der Waals surface area contributed by atoms with Crippen molar-refractivity contribution in [2.75, 3.05) is 31.1 Å². The molecule has 1 amide bonds. The van der Waals surface area contributed by atoms with E-state index >= 15 is 0 Å². The number of ether oxygens (including phenoxy) is 2. The van der Waals surface area contributed by atoms with Crippen molar-refractivity contribution in [3.05, 3.63) is 88.3 Å². The van der Waals surface area contributed by atoms with Crippen LogP contribution in [0.1, 0.15) is 24.8 Å². The molecule has 1 N–H and O–H groups in total. The maximum Gasteiger partial charge on any atom is 0.270 e. The zero-order valence-corrected chi connectivity index (χ0v) is 24.9. The van der Waals surface area contributed by atoms with E-state index in [4.69, 9.17) is 33.3 Å². The molecule has 0 aromatic heterocycles. The Morgan fingerprint density at radius 3 is 2.20 bits per heavy atom. The normalized spacial score (nSPS) is 17.2. The van der Waals surface area contributed by atoms with Crippen LogP contribution in [0, 0.1) is 0 Å². The van der Waals surface area contributed by atoms with Crippen LogP contribution in [0.2, 0.25) is 5.02 Å². The molecular weight excluding hydrogens is 587 g/mol. The molecule has 0 spiro atoms. The molecule has 2 fully saturated rings. The van der Waals surface area contributed by atoms with E-state index < -0.39 is 0 Å². The number of anilines is 1. The van der Waals surface area contributed by atoms with Crippen LogP contribution < -0.4 is 14.4 Å². The predicted octanol–water partition coefficient (Wildman–Crippen LogP) is 7.19. The first-order valence-corrected chi connectivity index (χ1v) is 14.5. The fourth-order valence-electron chi connectivity index (χ4n) is 4.43. The van der Waals surface area contributed by atoms with Crippen molar-refractivity contribution >= 4 is 70.0 Å². The summed E-state index contributed by atoms with van der Waals surface area (Å²) in [7, 11) is 0. The highest BCUT2D eigenvalue weighted by Gasteiger charge is 2.33. The van der Waals surface area contributed by atoms with Gasteiger partial charge in [-0.25, -0.2) is 0 Å². The summed E-state index contributed by atoms with van der Waals surface area (Å²) < 4.78 is 12.2. The number of carbonyl (C=O) groups excluding carboxylic acids is 1. The lowest BCUT2D eigenvalue weighted by Gasteiger charge is -2.29. The van der Waals surface area contributed by atoms with Crippen LogP contribution in [0.3, 0.4) is 0 Å². The van der Waals surface area contributed by atoms with Crippen LogP contribution in [-0.2, 0) is 4.79 Å². The number of carbonyl (C=O) groups is 1. The standard InChI is InChI=1S/C30H29ClN2O4S2.ClH/c31-22-4-10-27(11-5-22)37-26-8-2-21(3-9-26)20-28-29(35)33(30(38)39-28)23-6-12-25(13-7-23)36-19-1-16-32-17-14-24(34)15-18-32;/h2-13,20,24,34H,1,14-19H2;1H/b28-20-;. The predicted molar refractivity (Wildman–Crippen MR) is 169 cm³/mol. The Morgan fingerprint density at radius 2 is 1.55 bits per heavy atom. The zero-order valence-electron chi connectivity index (χ0n) is 21.7. The highest BCUT2D eigenvalue weighted by atomic mass is 35.5. The molecule has 2 aliphatic rings. The monoisotopic (exact) mass is 616 g/mol. The molecule has 2 heterocycles. The van der Waals surface area contributed by atoms with Crippen LogP contribution >= 0.6 is 48.0 Å². The van der Waals surface area contributed by atoms with Gasteiger partial charge in [0.1, 0.15) is 17.2 Å². The van der Waals surface area contributed by atoms with Gasteiger partial charge in [0.05, 0.1) is 23.3 Å². The molecule has 0 unspecified atom stereocenters. The van der Waals surface area contributed by atoms with Crippen molar-refractivity contribution in [2.45, 2.75) is 25.4 Å². The number of thiocarbonyl (C=S) groups is 1. The van der Waals surface area contributed by atoms with Gasteiger partial charge >= 0.3 is 0 Å². The minimum atomic E-state index is -0.149. The maximum atomic E-state index is 13.2. The third kappa shape index (κ3) is 8.00. The third-order valence-corrected chi connectivity index (χ3v) is 8.11. The number of piperidine rings is 1. The molecule has 2 aliphatic heterocycles. The number of rotatable bonds is 9. The Morgan fingerprint density at radius 1 is 0.950 bits per heavy atom. The minimum absolute atomic E-state index is 0. The second kappa shape index (κ2) is 14.3. The number of thioether (sulfide) groups is 1. The molecular formula is C30H30Cl2N2O4S2. The first kappa shape index (κ1) is 30.4. The van der Waals surface area contributed by atoms with Gasteiger partial charge in [-0.2, -0.15) is 0 Å². The highest BCUT2D eigenvalue weighted by Crippen LogP contribution is 2.37. The van der Waals surface area contributed by atoms with E-state index in [1.165, 1.54) is 11.8 Å². The molecule has 0 atom stereocenters. The Balaban J connectivity index is 0.00000370. The van der Waals surface area contributed by atoms with Crippen LogP contribution in [0.15, 0.2) is 77.7 Å². The van der Waals surface area contributed by atoms with E-state index in [9.17, 15) is 9.90 Å². The third-order valence-electron chi connectivity index (χ3n) is 6.56. The first-order chi connectivity index (χ1) is 18.9. The number of amides is 1. The summed E-state index contributed by atoms with van der Waals surface area (Å²) in [6.45, 7) is 3.47. The summed E-state index contributed by atoms with van der Waals surface area (Å²) in [6, 6.07) is 22.1. The van der Waals surface area contributed by atoms with Gasteiger partial charge in [0.2, 0.25) is 0 Å². The lowest BCUT2D eigenvalue weighted by molar-refractivity contribution is -0.113. The number of nitrogens with zero attached hydrogens (tertiary/aromatic N) is 2. The number of aliphatic hydroxyl groups excluding tert-OH is 1. The maximum absolute atomic E-state index is 13.2. The number of hydrogen-bond donors (Lipinski definition) is 1. The van der Waals surface area contributed by atoms with E-state index in [1.807, 2.05) is 66.7 Å². The second-order valence-corrected chi connectivity index (χ2v) is 11.5. The first-order valence-electron chi connectivity index (χ1n) is 12.9. The summed E-state index contributed by atoms with van der Waals surface area (Å²) in [5.41, 5.74) is 1.59. The van der Waals surface area contributed by atoms with Crippen molar-refractivity contribution in [1.29, 1.82) is 0 Å². The molecule has 0 bridgehead atoms. The van der Waals surface area contributed by atoms with Gasteiger partial charge in [-0.3, -0.25) is 9.69 Å². The molecule has 5 rings (SSSR count). The van der Waals surface area contributed by atoms with Crippen molar-refractivity contribution in [3.63, 3.8) is 0 Å². The fraction of sp³-hybridized carbons (Fsp3) is 0.267. The Kier molecular flexibility index (Phi) is 10.9.